The summed E-state index contributed by atoms with van der Waals surface area (Å²) in [5.74, 6) is 3.43. The molecule has 0 saturated carbocycles. The molecule has 8 aromatic rings. The van der Waals surface area contributed by atoms with Gasteiger partial charge in [-0.05, 0) is 146 Å². The van der Waals surface area contributed by atoms with Crippen molar-refractivity contribution < 1.29 is 71.6 Å². The Balaban J connectivity index is 0. The third kappa shape index (κ3) is 27.3. The van der Waals surface area contributed by atoms with Gasteiger partial charge in [-0.2, -0.15) is 14.2 Å². The van der Waals surface area contributed by atoms with Crippen molar-refractivity contribution in [2.75, 3.05) is 28.4 Å². The third-order valence-corrected chi connectivity index (χ3v) is 14.5. The number of alkyl halides is 1. The van der Waals surface area contributed by atoms with Crippen LogP contribution in [0.25, 0.3) is 0 Å². The zero-order valence-electron chi connectivity index (χ0n) is 59.9. The number of halogens is 1. The standard InChI is InChI=1S/C11H15NO3.C9H12ClNO.2C9H13NO2.C8H10N2O3.C8H11NO.C8H11N.C7H9N.CH3.Li/c1-7-5-12-10(6-15-9(3)13)8(2)11(7)14-4;1-6-5-11-8(4-10)7(2)9(6)12-3;1-6-5-10(11)8(3)7(2)9(6)12-4;1-6-4-10-8(5-11)7(2)9(6)12-3;1-5-4-9(11)7(3)6(2)8(5)10(12)13;1-6-4-7(2)8(3)9(10)5-6;1-6-4-7(2)8(3)9-5-6;1-6-3-7(2)5-8-4-6;;/h5H,6H2,1-4H3;5H,4H2,1-3H3;5H,1-4H3;4,11H,5H2,1-3H3;4H,1-3H3;4-5H,1-3H3;4-5H,1-3H3;3-5H,1-2H3;1H3;/q;;;;;;;;-1;+1. The number of nitrogens with zero attached hydrogens (tertiary/aromatic N) is 9. The molecule has 0 fully saturated rings. The predicted molar refractivity (Wildman–Crippen MR) is 362 cm³/mol. The van der Waals surface area contributed by atoms with Crippen molar-refractivity contribution in [1.29, 1.82) is 0 Å². The maximum absolute atomic E-state index is 11.2. The number of hydrogen-bond acceptors (Lipinski definition) is 17. The van der Waals surface area contributed by atoms with Gasteiger partial charge in [0, 0.05) is 115 Å². The summed E-state index contributed by atoms with van der Waals surface area (Å²) in [6.07, 6.45) is 15.1. The number of carbonyl (C=O) groups excluding carboxylic acids is 1. The Morgan fingerprint density at radius 3 is 1.26 bits per heavy atom. The summed E-state index contributed by atoms with van der Waals surface area (Å²) in [7, 11) is 6.51. The van der Waals surface area contributed by atoms with E-state index in [0.717, 1.165) is 111 Å². The molecule has 0 aliphatic carbocycles. The summed E-state index contributed by atoms with van der Waals surface area (Å²) in [6.45, 7) is 39.3. The first kappa shape index (κ1) is 86.6. The molecule has 502 valence electrons. The topological polar surface area (TPSA) is 272 Å². The zero-order valence-corrected chi connectivity index (χ0v) is 60.6. The van der Waals surface area contributed by atoms with Crippen LogP contribution in [-0.4, -0.2) is 69.4 Å². The number of nitro groups is 1. The molecular formula is C70H97ClLiN9O12. The van der Waals surface area contributed by atoms with E-state index in [2.05, 4.69) is 50.9 Å². The van der Waals surface area contributed by atoms with Gasteiger partial charge in [-0.3, -0.25) is 39.8 Å². The molecule has 0 spiro atoms. The number of hydrogen-bond donors (Lipinski definition) is 1. The third-order valence-electron chi connectivity index (χ3n) is 14.3. The second-order valence-electron chi connectivity index (χ2n) is 21.6. The largest absolute Gasteiger partial charge is 1.00 e. The Morgan fingerprint density at radius 1 is 0.484 bits per heavy atom. The van der Waals surface area contributed by atoms with Crippen LogP contribution < -0.4 is 52.0 Å². The Bertz CT molecular complexity index is 3620. The van der Waals surface area contributed by atoms with Crippen LogP contribution in [0.5, 0.6) is 23.0 Å². The molecule has 23 heteroatoms. The first-order valence-electron chi connectivity index (χ1n) is 28.9. The van der Waals surface area contributed by atoms with E-state index < -0.39 is 4.92 Å². The summed E-state index contributed by atoms with van der Waals surface area (Å²) >= 11 is 5.70. The number of aliphatic hydroxyl groups is 1. The smallest absolute Gasteiger partial charge is 0.618 e. The number of aryl methyl sites for hydroxylation is 12. The number of aromatic nitrogens is 8. The zero-order chi connectivity index (χ0) is 69.7. The minimum atomic E-state index is -0.461. The Hall–Kier alpha value is -8.48. The number of esters is 1. The molecule has 0 aliphatic heterocycles. The molecule has 0 unspecified atom stereocenters. The Morgan fingerprint density at radius 2 is 0.871 bits per heavy atom. The fourth-order valence-corrected chi connectivity index (χ4v) is 9.04. The average molecular weight is 1300 g/mol. The molecule has 0 saturated heterocycles. The maximum atomic E-state index is 11.2. The van der Waals surface area contributed by atoms with Crippen LogP contribution >= 0.6 is 11.6 Å². The molecule has 1 N–H and O–H groups in total. The quantitative estimate of drug-likeness (QED) is 0.0206. The van der Waals surface area contributed by atoms with Crippen molar-refractivity contribution in [3.8, 4) is 23.0 Å². The molecule has 0 amide bonds. The van der Waals surface area contributed by atoms with Crippen molar-refractivity contribution in [1.82, 2.24) is 24.9 Å². The second-order valence-corrected chi connectivity index (χ2v) is 21.9. The van der Waals surface area contributed by atoms with E-state index >= 15 is 0 Å². The maximum Gasteiger partial charge on any atom is 1.00 e. The molecule has 8 aromatic heterocycles. The van der Waals surface area contributed by atoms with Crippen molar-refractivity contribution in [3.05, 3.63) is 236 Å². The van der Waals surface area contributed by atoms with Crippen LogP contribution in [0, 0.1) is 172 Å². The van der Waals surface area contributed by atoms with Gasteiger partial charge in [0.05, 0.1) is 85.2 Å². The van der Waals surface area contributed by atoms with E-state index in [1.54, 1.807) is 80.9 Å². The molecular weight excluding hydrogens is 1200 g/mol. The van der Waals surface area contributed by atoms with Crippen molar-refractivity contribution in [2.24, 2.45) is 0 Å². The van der Waals surface area contributed by atoms with Crippen LogP contribution in [0.2, 0.25) is 0 Å². The molecule has 21 nitrogen and oxygen atoms in total. The summed E-state index contributed by atoms with van der Waals surface area (Å²) in [4.78, 5) is 41.4. The molecule has 0 aliphatic rings. The van der Waals surface area contributed by atoms with Gasteiger partial charge in [0.2, 0.25) is 0 Å². The van der Waals surface area contributed by atoms with E-state index in [1.807, 2.05) is 122 Å². The van der Waals surface area contributed by atoms with Gasteiger partial charge in [-0.25, -0.2) is 0 Å². The van der Waals surface area contributed by atoms with E-state index in [4.69, 9.17) is 40.4 Å². The predicted octanol–water partition coefficient (Wildman–Crippen LogP) is 10.2. The summed E-state index contributed by atoms with van der Waals surface area (Å²) < 4.78 is 28.1. The fraction of sp³-hybridized carbons (Fsp3) is 0.400. The summed E-state index contributed by atoms with van der Waals surface area (Å²) in [5.41, 5.74) is 20.8. The van der Waals surface area contributed by atoms with Gasteiger partial charge in [0.1, 0.15) is 29.6 Å². The molecule has 0 aromatic carbocycles. The van der Waals surface area contributed by atoms with Crippen molar-refractivity contribution >= 4 is 23.3 Å². The van der Waals surface area contributed by atoms with Crippen LogP contribution in [0.4, 0.5) is 5.69 Å². The second kappa shape index (κ2) is 42.6. The molecule has 0 bridgehead atoms. The van der Waals surface area contributed by atoms with E-state index in [9.17, 15) is 30.5 Å². The molecule has 0 radical (unpaired) electrons. The minimum absolute atomic E-state index is 0. The Kier molecular flexibility index (Phi) is 39.7. The number of rotatable bonds is 9. The first-order chi connectivity index (χ1) is 42.6. The molecule has 8 heterocycles. The van der Waals surface area contributed by atoms with Crippen LogP contribution in [0.1, 0.15) is 136 Å². The molecule has 93 heavy (non-hydrogen) atoms. The normalized spacial score (nSPS) is 9.67. The van der Waals surface area contributed by atoms with E-state index in [-0.39, 0.29) is 51.2 Å². The fourth-order valence-electron chi connectivity index (χ4n) is 8.77. The number of pyridine rings is 8. The minimum Gasteiger partial charge on any atom is -0.618 e. The van der Waals surface area contributed by atoms with E-state index in [1.165, 1.54) is 41.6 Å². The van der Waals surface area contributed by atoms with Crippen LogP contribution in [-0.2, 0) is 28.6 Å². The molecule has 8 rings (SSSR count). The SMILES string of the molecule is COc1c(C)c[n+]([O-])c(C)c1C.COc1c(C)cnc(CCl)c1C.COc1c(C)cnc(CO)c1C.COc1c(C)cnc(COC(C)=O)c1C.Cc1c[n+]([O-])c(C)c(C)c1[N+](=O)[O-].Cc1cc(C)c(C)[n+]([O-])c1.Cc1cnc(C)c(C)c1.Cc1cncc(C)c1.[CH3-].[Li+]. The monoisotopic (exact) mass is 1300 g/mol. The van der Waals surface area contributed by atoms with Gasteiger partial charge in [-0.1, -0.05) is 12.1 Å². The number of ether oxygens (including phenoxy) is 5. The number of methoxy groups -OCH3 is 4. The summed E-state index contributed by atoms with van der Waals surface area (Å²) in [5, 5.41) is 52.8. The van der Waals surface area contributed by atoms with Gasteiger partial charge in [-0.15, -0.1) is 11.6 Å². The van der Waals surface area contributed by atoms with Crippen molar-refractivity contribution in [2.45, 2.75) is 164 Å². The van der Waals surface area contributed by atoms with Gasteiger partial charge >= 0.3 is 24.8 Å². The van der Waals surface area contributed by atoms with Gasteiger partial charge < -0.3 is 51.8 Å². The Labute approximate surface area is 568 Å². The van der Waals surface area contributed by atoms with Gasteiger partial charge in [0.15, 0.2) is 35.7 Å². The van der Waals surface area contributed by atoms with Crippen LogP contribution in [0.3, 0.4) is 0 Å². The van der Waals surface area contributed by atoms with Gasteiger partial charge in [0.25, 0.3) is 5.69 Å². The first-order valence-corrected chi connectivity index (χ1v) is 29.4. The van der Waals surface area contributed by atoms with Crippen molar-refractivity contribution in [3.63, 3.8) is 0 Å². The number of aliphatic hydroxyl groups excluding tert-OH is 1. The number of carbonyl (C=O) groups is 1. The summed E-state index contributed by atoms with van der Waals surface area (Å²) in [6, 6.07) is 6.25. The molecule has 0 atom stereocenters. The van der Waals surface area contributed by atoms with Crippen LogP contribution in [0.15, 0.2) is 74.0 Å². The average Bonchev–Trinajstić information content (AvgIpc) is 0.865. The van der Waals surface area contributed by atoms with E-state index in [0.29, 0.717) is 38.8 Å².